The molecular formula is C7H14ClKO2. The van der Waals surface area contributed by atoms with E-state index in [9.17, 15) is 4.79 Å². The van der Waals surface area contributed by atoms with Gasteiger partial charge in [-0.15, -0.1) is 0 Å². The SMILES string of the molecule is CCCCCCC(=O)O.[Cl][K]. The topological polar surface area (TPSA) is 37.3 Å². The predicted octanol–water partition coefficient (Wildman–Crippen LogP) is 2.35. The van der Waals surface area contributed by atoms with Crippen molar-refractivity contribution >= 4 is 56.9 Å². The van der Waals surface area contributed by atoms with Crippen LogP contribution in [0.3, 0.4) is 0 Å². The van der Waals surface area contributed by atoms with E-state index in [1.807, 2.05) is 0 Å². The van der Waals surface area contributed by atoms with Crippen LogP contribution in [0, 0.1) is 0 Å². The number of carbonyl (C=O) groups is 1. The zero-order valence-corrected chi connectivity index (χ0v) is 11.1. The molecule has 0 radical (unpaired) electrons. The number of aliphatic carboxylic acids is 1. The van der Waals surface area contributed by atoms with E-state index >= 15 is 0 Å². The third-order valence-corrected chi connectivity index (χ3v) is 1.24. The zero-order chi connectivity index (χ0) is 9.11. The van der Waals surface area contributed by atoms with Crippen LogP contribution in [0.5, 0.6) is 0 Å². The number of carboxylic acids is 1. The Balaban J connectivity index is 0. The molecule has 0 aliphatic rings. The summed E-state index contributed by atoms with van der Waals surface area (Å²) in [6, 6.07) is 0. The molecule has 0 aliphatic heterocycles. The van der Waals surface area contributed by atoms with Crippen LogP contribution in [0.4, 0.5) is 0 Å². The van der Waals surface area contributed by atoms with Crippen LogP contribution in [0.2, 0.25) is 0 Å². The monoisotopic (exact) mass is 204 g/mol. The summed E-state index contributed by atoms with van der Waals surface area (Å²) in [6.45, 7) is 2.11. The van der Waals surface area contributed by atoms with E-state index in [4.69, 9.17) is 8.87 Å². The van der Waals surface area contributed by atoms with Gasteiger partial charge in [0, 0.05) is 6.42 Å². The fraction of sp³-hybridized carbons (Fsp3) is 0.857. The molecule has 0 bridgehead atoms. The van der Waals surface area contributed by atoms with Gasteiger partial charge in [0.15, 0.2) is 0 Å². The third kappa shape index (κ3) is 18.4. The van der Waals surface area contributed by atoms with Crippen molar-refractivity contribution in [3.8, 4) is 0 Å². The van der Waals surface area contributed by atoms with Crippen molar-refractivity contribution in [2.45, 2.75) is 39.0 Å². The third-order valence-electron chi connectivity index (χ3n) is 1.24. The van der Waals surface area contributed by atoms with E-state index in [2.05, 4.69) is 6.92 Å². The quantitative estimate of drug-likeness (QED) is 0.552. The molecule has 0 unspecified atom stereocenters. The minimum atomic E-state index is -0.675. The van der Waals surface area contributed by atoms with Crippen LogP contribution < -0.4 is 0 Å². The summed E-state index contributed by atoms with van der Waals surface area (Å²) in [5, 5.41) is 8.21. The molecule has 0 atom stereocenters. The van der Waals surface area contributed by atoms with Crippen molar-refractivity contribution < 1.29 is 9.90 Å². The van der Waals surface area contributed by atoms with Gasteiger partial charge in [-0.1, -0.05) is 26.2 Å². The van der Waals surface area contributed by atoms with Gasteiger partial charge in [0.1, 0.15) is 0 Å². The molecule has 11 heavy (non-hydrogen) atoms. The van der Waals surface area contributed by atoms with E-state index in [0.29, 0.717) is 53.6 Å². The van der Waals surface area contributed by atoms with Crippen LogP contribution in [0.15, 0.2) is 0 Å². The summed E-state index contributed by atoms with van der Waals surface area (Å²) in [4.78, 5) is 9.96. The van der Waals surface area contributed by atoms with Gasteiger partial charge >= 0.3 is 56.9 Å². The van der Waals surface area contributed by atoms with E-state index < -0.39 is 5.97 Å². The number of carboxylic acid groups (broad SMARTS) is 1. The Morgan fingerprint density at radius 3 is 2.27 bits per heavy atom. The molecule has 0 heterocycles. The van der Waals surface area contributed by atoms with Gasteiger partial charge in [-0.2, -0.15) is 0 Å². The van der Waals surface area contributed by atoms with Gasteiger partial charge in [-0.05, 0) is 6.42 Å². The van der Waals surface area contributed by atoms with Crippen LogP contribution in [-0.4, -0.2) is 58.2 Å². The summed E-state index contributed by atoms with van der Waals surface area (Å²) >= 11 is 0.535. The van der Waals surface area contributed by atoms with Crippen LogP contribution in [0.1, 0.15) is 39.0 Å². The zero-order valence-electron chi connectivity index (χ0n) is 7.27. The molecule has 2 nitrogen and oxygen atoms in total. The first-order chi connectivity index (χ1) is 5.27. The van der Waals surface area contributed by atoms with Crippen molar-refractivity contribution in [1.29, 1.82) is 0 Å². The standard InChI is InChI=1S/C7H14O2.ClH.K/c1-2-3-4-5-6-7(8)9;;/h2-6H2,1H3,(H,8,9);1H;/q;;+1/p-1. The van der Waals surface area contributed by atoms with Gasteiger partial charge in [-0.3, -0.25) is 4.79 Å². The Bertz CT molecular complexity index is 88.5. The number of hydrogen-bond donors (Lipinski definition) is 1. The maximum atomic E-state index is 9.96. The van der Waals surface area contributed by atoms with E-state index in [1.54, 1.807) is 0 Å². The van der Waals surface area contributed by atoms with Crippen molar-refractivity contribution in [3.63, 3.8) is 0 Å². The van der Waals surface area contributed by atoms with Gasteiger partial charge in [-0.25, -0.2) is 0 Å². The van der Waals surface area contributed by atoms with E-state index in [0.717, 1.165) is 19.3 Å². The molecule has 0 saturated carbocycles. The number of hydrogen-bond acceptors (Lipinski definition) is 1. The van der Waals surface area contributed by atoms with Gasteiger partial charge in [0.05, 0.1) is 0 Å². The molecule has 62 valence electrons. The summed E-state index contributed by atoms with van der Waals surface area (Å²) in [6.07, 6.45) is 4.55. The molecule has 4 heteroatoms. The van der Waals surface area contributed by atoms with E-state index in [-0.39, 0.29) is 0 Å². The Labute approximate surface area is 104 Å². The van der Waals surface area contributed by atoms with Crippen LogP contribution >= 0.6 is 3.76 Å². The molecule has 0 saturated heterocycles. The fourth-order valence-corrected chi connectivity index (χ4v) is 0.703. The summed E-state index contributed by atoms with van der Waals surface area (Å²) in [5.41, 5.74) is 0. The Morgan fingerprint density at radius 2 is 1.91 bits per heavy atom. The van der Waals surface area contributed by atoms with Gasteiger partial charge < -0.3 is 5.11 Å². The Hall–Kier alpha value is 1.40. The molecule has 0 fully saturated rings. The molecule has 0 aromatic heterocycles. The van der Waals surface area contributed by atoms with Crippen molar-refractivity contribution in [2.24, 2.45) is 0 Å². The predicted molar refractivity (Wildman–Crippen MR) is 48.0 cm³/mol. The van der Waals surface area contributed by atoms with E-state index in [1.165, 1.54) is 6.42 Å². The normalized spacial score (nSPS) is 8.36. The number of halogens is 1. The second-order valence-corrected chi connectivity index (χ2v) is 2.20. The number of rotatable bonds is 5. The van der Waals surface area contributed by atoms with Crippen molar-refractivity contribution in [3.05, 3.63) is 0 Å². The first-order valence-corrected chi connectivity index (χ1v) is 8.16. The second-order valence-electron chi connectivity index (χ2n) is 2.20. The number of unbranched alkanes of at least 4 members (excludes halogenated alkanes) is 3. The molecule has 0 rings (SSSR count). The first-order valence-electron chi connectivity index (χ1n) is 3.87. The summed E-state index contributed by atoms with van der Waals surface area (Å²) < 4.78 is 4.83. The fourth-order valence-electron chi connectivity index (χ4n) is 0.703. The average Bonchev–Trinajstić information content (AvgIpc) is 2.02. The molecule has 0 aromatic carbocycles. The molecule has 0 amide bonds. The molecule has 0 aromatic rings. The molecule has 0 spiro atoms. The molecule has 1 N–H and O–H groups in total. The van der Waals surface area contributed by atoms with Gasteiger partial charge in [0.25, 0.3) is 0 Å². The van der Waals surface area contributed by atoms with Crippen LogP contribution in [-0.2, 0) is 4.79 Å². The van der Waals surface area contributed by atoms with Crippen molar-refractivity contribution in [1.82, 2.24) is 0 Å². The molecule has 0 aliphatic carbocycles. The van der Waals surface area contributed by atoms with Crippen LogP contribution in [0.25, 0.3) is 0 Å². The maximum absolute atomic E-state index is 9.96. The van der Waals surface area contributed by atoms with Crippen molar-refractivity contribution in [2.75, 3.05) is 0 Å². The molecular weight excluding hydrogens is 191 g/mol. The average molecular weight is 205 g/mol. The van der Waals surface area contributed by atoms with Gasteiger partial charge in [0.2, 0.25) is 0 Å². The second kappa shape index (κ2) is 14.0. The Kier molecular flexibility index (Phi) is 18.9. The minimum absolute atomic E-state index is 0.333. The Morgan fingerprint density at radius 1 is 1.36 bits per heavy atom. The summed E-state index contributed by atoms with van der Waals surface area (Å²) in [7, 11) is 0. The summed E-state index contributed by atoms with van der Waals surface area (Å²) in [5.74, 6) is -0.675. The first kappa shape index (κ1) is 14.9.